The number of carbonyl (C=O) groups excluding carboxylic acids is 4. The molecule has 0 saturated carbocycles. The van der Waals surface area contributed by atoms with Crippen LogP contribution in [0.15, 0.2) is 54.7 Å². The number of nitrogens with zero attached hydrogens (tertiary/aromatic N) is 9. The minimum absolute atomic E-state index is 0.0642. The molecule has 7 aliphatic rings. The van der Waals surface area contributed by atoms with Gasteiger partial charge in [-0.25, -0.2) is 9.18 Å². The highest BCUT2D eigenvalue weighted by Crippen LogP contribution is 2.43. The van der Waals surface area contributed by atoms with Gasteiger partial charge in [-0.2, -0.15) is 9.97 Å². The maximum absolute atomic E-state index is 16.2. The van der Waals surface area contributed by atoms with E-state index < -0.39 is 11.9 Å². The van der Waals surface area contributed by atoms with Gasteiger partial charge in [0.05, 0.1) is 12.5 Å². The van der Waals surface area contributed by atoms with Crippen molar-refractivity contribution in [2.24, 2.45) is 0 Å². The molecule has 17 nitrogen and oxygen atoms in total. The number of benzene rings is 3. The Morgan fingerprint density at radius 3 is 2.47 bits per heavy atom. The van der Waals surface area contributed by atoms with Gasteiger partial charge in [0.1, 0.15) is 35.4 Å². The number of methoxy groups -OCH3 is 1. The number of phenolic OH excluding ortho intramolecular Hbond substituents is 1. The molecule has 9 heterocycles. The first-order valence-corrected chi connectivity index (χ1v) is 25.6. The van der Waals surface area contributed by atoms with Crippen LogP contribution in [-0.2, 0) is 27.3 Å². The number of ether oxygens (including phenoxy) is 2. The number of piperazine rings is 2. The zero-order valence-corrected chi connectivity index (χ0v) is 41.5. The van der Waals surface area contributed by atoms with Crippen LogP contribution in [0.1, 0.15) is 86.7 Å². The van der Waals surface area contributed by atoms with E-state index in [1.807, 2.05) is 36.4 Å². The van der Waals surface area contributed by atoms with Gasteiger partial charge >= 0.3 is 12.1 Å². The lowest BCUT2D eigenvalue weighted by molar-refractivity contribution is -0.150. The number of pyridine rings is 1. The molecule has 0 spiro atoms. The van der Waals surface area contributed by atoms with Crippen molar-refractivity contribution in [3.8, 4) is 23.0 Å². The Hall–Kier alpha value is -6.66. The molecule has 378 valence electrons. The van der Waals surface area contributed by atoms with Gasteiger partial charge in [-0.15, -0.1) is 0 Å². The third-order valence-corrected chi connectivity index (χ3v) is 16.5. The van der Waals surface area contributed by atoms with Crippen LogP contribution in [0.4, 0.5) is 20.7 Å². The molecule has 0 aliphatic carbocycles. The minimum Gasteiger partial charge on any atom is -0.508 e. The van der Waals surface area contributed by atoms with E-state index in [2.05, 4.69) is 48.8 Å². The molecule has 5 unspecified atom stereocenters. The molecular weight excluding hydrogens is 920 g/mol. The Morgan fingerprint density at radius 1 is 0.931 bits per heavy atom. The number of rotatable bonds is 8. The molecule has 2 N–H and O–H groups in total. The highest BCUT2D eigenvalue weighted by atomic mass is 19.1. The van der Waals surface area contributed by atoms with Gasteiger partial charge in [0.25, 0.3) is 11.8 Å². The van der Waals surface area contributed by atoms with Crippen LogP contribution in [0.25, 0.3) is 32.9 Å². The Balaban J connectivity index is 0.000000157. The lowest BCUT2D eigenvalue weighted by Crippen LogP contribution is -2.53. The van der Waals surface area contributed by atoms with Crippen molar-refractivity contribution >= 4 is 57.0 Å². The summed E-state index contributed by atoms with van der Waals surface area (Å²) < 4.78 is 27.3. The standard InChI is InChI=1S/C28H37N5O5.C26H26FN5O2/c1-28-10-4-12-33(28)19(9-11-28)18-38-27(37)31-15-13-30(14-16-31)22-6-3-5-20-21(22)17-32(25(20)35)23-7-8-24(34)29(2)26(23)36;1-3-14-5-4-6-15-9-18(33)10-19(21(14)15)23-22(27)24-20(11-28-23)25(31-26(30-24)34-2)32-12-16-7-8-17(13-32)29-16/h3,5-6,19,23H,4,7-18H2,1-2H3;4-6,9-11,16-17,29,33H,3,7-8,12-13H2,1-2H3. The number of phenols is 1. The van der Waals surface area contributed by atoms with Crippen molar-refractivity contribution in [2.75, 3.05) is 76.4 Å². The molecule has 6 fully saturated rings. The van der Waals surface area contributed by atoms with Crippen LogP contribution in [0.3, 0.4) is 0 Å². The van der Waals surface area contributed by atoms with Crippen molar-refractivity contribution < 1.29 is 38.1 Å². The molecule has 2 bridgehead atoms. The monoisotopic (exact) mass is 982 g/mol. The number of aryl methyl sites for hydroxylation is 1. The highest BCUT2D eigenvalue weighted by Gasteiger charge is 2.46. The molecule has 7 aliphatic heterocycles. The number of hydrogen-bond donors (Lipinski definition) is 2. The molecule has 12 rings (SSSR count). The summed E-state index contributed by atoms with van der Waals surface area (Å²) in [5.41, 5.74) is 4.71. The SMILES string of the molecule is CCc1cccc2cc(O)cc(-c3ncc4c(N5CC6CCC(C5)N6)nc(OC)nc4c3F)c12.CN1C(=O)CCC(N2Cc3c(cccc3N3CCN(C(=O)OCC4CCC5(C)CCCN45)CC3)C2=O)C1=O. The van der Waals surface area contributed by atoms with E-state index in [1.54, 1.807) is 28.1 Å². The molecule has 72 heavy (non-hydrogen) atoms. The Labute approximate surface area is 418 Å². The van der Waals surface area contributed by atoms with Gasteiger partial charge in [0.2, 0.25) is 5.91 Å². The van der Waals surface area contributed by atoms with Crippen LogP contribution >= 0.6 is 0 Å². The van der Waals surface area contributed by atoms with E-state index in [-0.39, 0.29) is 58.7 Å². The maximum atomic E-state index is 16.2. The molecular formula is C54H63FN10O7. The minimum atomic E-state index is -0.615. The van der Waals surface area contributed by atoms with Crippen LogP contribution in [0.5, 0.6) is 11.8 Å². The third kappa shape index (κ3) is 8.48. The topological polar surface area (TPSA) is 177 Å². The van der Waals surface area contributed by atoms with E-state index in [9.17, 15) is 24.3 Å². The largest absolute Gasteiger partial charge is 0.508 e. The fourth-order valence-corrected chi connectivity index (χ4v) is 12.7. The molecule has 18 heteroatoms. The first-order valence-electron chi connectivity index (χ1n) is 25.6. The fourth-order valence-electron chi connectivity index (χ4n) is 12.7. The first kappa shape index (κ1) is 47.7. The van der Waals surface area contributed by atoms with Crippen molar-refractivity contribution in [1.82, 2.24) is 39.9 Å². The van der Waals surface area contributed by atoms with E-state index in [0.29, 0.717) is 86.2 Å². The molecule has 5 aromatic rings. The highest BCUT2D eigenvalue weighted by molar-refractivity contribution is 6.06. The first-order chi connectivity index (χ1) is 34.8. The molecule has 0 radical (unpaired) electrons. The number of carbonyl (C=O) groups is 4. The van der Waals surface area contributed by atoms with Gasteiger partial charge in [-0.1, -0.05) is 31.2 Å². The second-order valence-electron chi connectivity index (χ2n) is 20.7. The Morgan fingerprint density at radius 2 is 1.71 bits per heavy atom. The molecule has 2 aromatic heterocycles. The zero-order chi connectivity index (χ0) is 50.0. The second kappa shape index (κ2) is 19.1. The van der Waals surface area contributed by atoms with Crippen molar-refractivity contribution in [3.63, 3.8) is 0 Å². The number of imide groups is 1. The predicted molar refractivity (Wildman–Crippen MR) is 270 cm³/mol. The molecule has 6 saturated heterocycles. The van der Waals surface area contributed by atoms with Gasteiger partial charge in [0.15, 0.2) is 5.82 Å². The van der Waals surface area contributed by atoms with Gasteiger partial charge in [0, 0.05) is 112 Å². The number of likely N-dealkylation sites (tertiary alicyclic amines) is 1. The van der Waals surface area contributed by atoms with Gasteiger partial charge in [-0.3, -0.25) is 29.2 Å². The van der Waals surface area contributed by atoms with Crippen molar-refractivity contribution in [1.29, 1.82) is 0 Å². The second-order valence-corrected chi connectivity index (χ2v) is 20.7. The molecule has 4 amide bonds. The summed E-state index contributed by atoms with van der Waals surface area (Å²) in [5.74, 6) is -0.516. The summed E-state index contributed by atoms with van der Waals surface area (Å²) in [4.78, 5) is 75.8. The number of likely N-dealkylation sites (N-methyl/N-ethyl adjacent to an activating group) is 1. The van der Waals surface area contributed by atoms with E-state index in [0.717, 1.165) is 77.8 Å². The molecule has 5 atom stereocenters. The number of aromatic nitrogens is 3. The summed E-state index contributed by atoms with van der Waals surface area (Å²) in [6.45, 7) is 10.3. The van der Waals surface area contributed by atoms with Crippen LogP contribution in [0, 0.1) is 5.82 Å². The zero-order valence-electron chi connectivity index (χ0n) is 41.5. The average Bonchev–Trinajstić information content (AvgIpc) is 4.14. The summed E-state index contributed by atoms with van der Waals surface area (Å²) in [6, 6.07) is 15.5. The van der Waals surface area contributed by atoms with E-state index in [4.69, 9.17) is 9.47 Å². The number of fused-ring (bicyclic) bond motifs is 6. The lowest BCUT2D eigenvalue weighted by Gasteiger charge is -2.37. The van der Waals surface area contributed by atoms with E-state index >= 15 is 4.39 Å². The normalized spacial score (nSPS) is 25.1. The number of hydrogen-bond acceptors (Lipinski definition) is 14. The van der Waals surface area contributed by atoms with Crippen molar-refractivity contribution in [2.45, 2.75) is 108 Å². The smallest absolute Gasteiger partial charge is 0.409 e. The Bertz CT molecular complexity index is 2970. The van der Waals surface area contributed by atoms with E-state index in [1.165, 1.54) is 33.4 Å². The van der Waals surface area contributed by atoms with Crippen molar-refractivity contribution in [3.05, 3.63) is 77.2 Å². The van der Waals surface area contributed by atoms with Crippen LogP contribution < -0.4 is 19.9 Å². The number of amides is 4. The molecule has 3 aromatic carbocycles. The lowest BCUT2D eigenvalue weighted by atomic mass is 9.95. The Kier molecular flexibility index (Phi) is 12.6. The summed E-state index contributed by atoms with van der Waals surface area (Å²) >= 11 is 0. The number of piperidine rings is 1. The fraction of sp³-hybridized carbons (Fsp3) is 0.500. The summed E-state index contributed by atoms with van der Waals surface area (Å²) in [5, 5.41) is 16.3. The quantitative estimate of drug-likeness (QED) is 0.167. The summed E-state index contributed by atoms with van der Waals surface area (Å²) in [7, 11) is 2.97. The number of nitrogens with one attached hydrogen (secondary N) is 1. The predicted octanol–water partition coefficient (Wildman–Crippen LogP) is 6.27. The summed E-state index contributed by atoms with van der Waals surface area (Å²) in [6.07, 6.45) is 9.78. The van der Waals surface area contributed by atoms with Gasteiger partial charge < -0.3 is 39.5 Å². The maximum Gasteiger partial charge on any atom is 0.409 e. The number of anilines is 2. The third-order valence-electron chi connectivity index (χ3n) is 16.5. The van der Waals surface area contributed by atoms with Crippen LogP contribution in [0.2, 0.25) is 0 Å². The number of halogens is 1. The van der Waals surface area contributed by atoms with Crippen LogP contribution in [-0.4, -0.2) is 160 Å². The number of aromatic hydroxyl groups is 1. The van der Waals surface area contributed by atoms with Gasteiger partial charge in [-0.05, 0) is 105 Å². The average molecular weight is 983 g/mol.